The number of amides is 1. The van der Waals surface area contributed by atoms with Crippen LogP contribution in [-0.4, -0.2) is 72.3 Å². The van der Waals surface area contributed by atoms with Crippen LogP contribution in [0.4, 0.5) is 22.1 Å². The van der Waals surface area contributed by atoms with Crippen molar-refractivity contribution in [1.82, 2.24) is 34.4 Å². The lowest BCUT2D eigenvalue weighted by Crippen LogP contribution is -2.61. The molecular formula is C32H35N9O3. The second-order valence-corrected chi connectivity index (χ2v) is 12.7. The zero-order valence-corrected chi connectivity index (χ0v) is 25.3. The molecular weight excluding hydrogens is 558 g/mol. The molecule has 0 unspecified atom stereocenters. The summed E-state index contributed by atoms with van der Waals surface area (Å²) in [4.78, 5) is 34.8. The minimum absolute atomic E-state index is 0.200. The molecule has 12 nitrogen and oxygen atoms in total. The maximum absolute atomic E-state index is 12.5. The van der Waals surface area contributed by atoms with Crippen molar-refractivity contribution in [2.24, 2.45) is 5.41 Å². The number of rotatable bonds is 5. The summed E-state index contributed by atoms with van der Waals surface area (Å²) >= 11 is 0. The van der Waals surface area contributed by atoms with Crippen molar-refractivity contribution >= 4 is 40.1 Å². The molecule has 6 heterocycles. The first-order chi connectivity index (χ1) is 21.1. The fourth-order valence-electron chi connectivity index (χ4n) is 5.89. The molecule has 12 heteroatoms. The van der Waals surface area contributed by atoms with Crippen LogP contribution >= 0.6 is 0 Å². The molecule has 5 aromatic rings. The van der Waals surface area contributed by atoms with Gasteiger partial charge in [0.2, 0.25) is 0 Å². The summed E-state index contributed by atoms with van der Waals surface area (Å²) in [7, 11) is 0. The molecule has 1 spiro atoms. The van der Waals surface area contributed by atoms with Crippen molar-refractivity contribution in [2.75, 3.05) is 36.4 Å². The van der Waals surface area contributed by atoms with Crippen molar-refractivity contribution in [2.45, 2.75) is 46.1 Å². The monoisotopic (exact) mass is 593 g/mol. The molecule has 2 aliphatic heterocycles. The molecule has 1 aromatic carbocycles. The number of carbonyl (C=O) groups excluding carboxylic acids is 1. The number of fused-ring (bicyclic) bond motifs is 2. The van der Waals surface area contributed by atoms with Crippen LogP contribution in [0.25, 0.3) is 16.7 Å². The lowest BCUT2D eigenvalue weighted by atomic mass is 9.72. The maximum atomic E-state index is 12.5. The van der Waals surface area contributed by atoms with Crippen molar-refractivity contribution in [1.29, 1.82) is 0 Å². The third-order valence-electron chi connectivity index (χ3n) is 8.24. The van der Waals surface area contributed by atoms with Crippen molar-refractivity contribution in [3.63, 3.8) is 0 Å². The predicted molar refractivity (Wildman–Crippen MR) is 167 cm³/mol. The van der Waals surface area contributed by atoms with Crippen LogP contribution in [0.3, 0.4) is 0 Å². The van der Waals surface area contributed by atoms with E-state index in [1.807, 2.05) is 81.3 Å². The number of aryl methyl sites for hydroxylation is 1. The molecule has 2 aliphatic rings. The fourth-order valence-corrected chi connectivity index (χ4v) is 5.89. The number of hydrogen-bond donors (Lipinski definition) is 1. The molecule has 0 radical (unpaired) electrons. The summed E-state index contributed by atoms with van der Waals surface area (Å²) in [6.07, 6.45) is 6.58. The third kappa shape index (κ3) is 5.54. The van der Waals surface area contributed by atoms with E-state index < -0.39 is 5.60 Å². The van der Waals surface area contributed by atoms with Gasteiger partial charge in [0.15, 0.2) is 11.5 Å². The fraction of sp³-hybridized carbons (Fsp3) is 0.375. The molecule has 226 valence electrons. The average molecular weight is 594 g/mol. The van der Waals surface area contributed by atoms with Gasteiger partial charge >= 0.3 is 6.09 Å². The van der Waals surface area contributed by atoms with Crippen LogP contribution in [0.15, 0.2) is 61.3 Å². The van der Waals surface area contributed by atoms with Gasteiger partial charge in [-0.05, 0) is 82.5 Å². The van der Waals surface area contributed by atoms with E-state index in [1.54, 1.807) is 10.8 Å². The second-order valence-electron chi connectivity index (χ2n) is 12.7. The first-order valence-corrected chi connectivity index (χ1v) is 14.8. The number of likely N-dealkylation sites (tertiary alicyclic amines) is 1. The third-order valence-corrected chi connectivity index (χ3v) is 8.24. The lowest BCUT2D eigenvalue weighted by Gasteiger charge is -2.54. The standard InChI is InChI=1S/C32H35N9O3/c1-21-15-22(5-7-25(21)43-23-9-12-41-27(16-23)34-20-36-41)37-29-28-24(33-19-35-29)6-8-26(38-28)40-17-32(18-40)10-13-39(14-11-32)30(42)44-31(2,3)4/h5-9,12,15-16,19-20H,10-11,13-14,17-18H2,1-4H3,(H,33,35,37). The van der Waals surface area contributed by atoms with Crippen LogP contribution in [-0.2, 0) is 4.74 Å². The molecule has 0 bridgehead atoms. The van der Waals surface area contributed by atoms with E-state index in [1.165, 1.54) is 6.33 Å². The molecule has 4 aromatic heterocycles. The molecule has 2 fully saturated rings. The van der Waals surface area contributed by atoms with E-state index in [0.29, 0.717) is 17.1 Å². The van der Waals surface area contributed by atoms with Gasteiger partial charge in [0, 0.05) is 49.5 Å². The van der Waals surface area contributed by atoms with Gasteiger partial charge in [0.25, 0.3) is 0 Å². The van der Waals surface area contributed by atoms with Crippen LogP contribution in [0.1, 0.15) is 39.2 Å². The van der Waals surface area contributed by atoms with Gasteiger partial charge < -0.3 is 24.6 Å². The number of benzene rings is 1. The Balaban J connectivity index is 1.02. The molecule has 2 saturated heterocycles. The van der Waals surface area contributed by atoms with Crippen molar-refractivity contribution < 1.29 is 14.3 Å². The molecule has 0 atom stereocenters. The molecule has 0 saturated carbocycles. The maximum Gasteiger partial charge on any atom is 0.410 e. The highest BCUT2D eigenvalue weighted by molar-refractivity contribution is 5.88. The Morgan fingerprint density at radius 1 is 0.977 bits per heavy atom. The first kappa shape index (κ1) is 27.8. The van der Waals surface area contributed by atoms with E-state index in [9.17, 15) is 4.79 Å². The van der Waals surface area contributed by atoms with Crippen LogP contribution in [0.2, 0.25) is 0 Å². The summed E-state index contributed by atoms with van der Waals surface area (Å²) in [6.45, 7) is 11.0. The molecule has 0 aliphatic carbocycles. The molecule has 7 rings (SSSR count). The summed E-state index contributed by atoms with van der Waals surface area (Å²) in [5.41, 5.74) is 3.76. The largest absolute Gasteiger partial charge is 0.457 e. The van der Waals surface area contributed by atoms with Crippen molar-refractivity contribution in [3.05, 3.63) is 66.9 Å². The summed E-state index contributed by atoms with van der Waals surface area (Å²) in [5, 5.41) is 7.56. The quantitative estimate of drug-likeness (QED) is 0.269. The Morgan fingerprint density at radius 2 is 1.80 bits per heavy atom. The van der Waals surface area contributed by atoms with Gasteiger partial charge in [-0.3, -0.25) is 0 Å². The first-order valence-electron chi connectivity index (χ1n) is 14.8. The van der Waals surface area contributed by atoms with E-state index in [0.717, 1.165) is 73.0 Å². The van der Waals surface area contributed by atoms with E-state index >= 15 is 0 Å². The summed E-state index contributed by atoms with van der Waals surface area (Å²) in [5.74, 6) is 2.98. The molecule has 44 heavy (non-hydrogen) atoms. The Morgan fingerprint density at radius 3 is 2.57 bits per heavy atom. The number of nitrogens with one attached hydrogen (secondary N) is 1. The highest BCUT2D eigenvalue weighted by Gasteiger charge is 2.46. The highest BCUT2D eigenvalue weighted by atomic mass is 16.6. The number of piperidine rings is 1. The second kappa shape index (κ2) is 10.6. The lowest BCUT2D eigenvalue weighted by molar-refractivity contribution is 0.00590. The number of carbonyl (C=O) groups is 1. The highest BCUT2D eigenvalue weighted by Crippen LogP contribution is 2.43. The zero-order valence-electron chi connectivity index (χ0n) is 25.3. The van der Waals surface area contributed by atoms with Gasteiger partial charge in [-0.2, -0.15) is 5.10 Å². The minimum atomic E-state index is -0.481. The van der Waals surface area contributed by atoms with Crippen LogP contribution in [0.5, 0.6) is 11.5 Å². The molecule has 1 N–H and O–H groups in total. The topological polar surface area (TPSA) is 123 Å². The SMILES string of the molecule is Cc1cc(Nc2ncnc3ccc(N4CC5(CCN(C(=O)OC(C)(C)C)CC5)C4)nc23)ccc1Oc1ccn2ncnc2c1. The van der Waals surface area contributed by atoms with E-state index in [4.69, 9.17) is 14.5 Å². The van der Waals surface area contributed by atoms with Crippen LogP contribution in [0, 0.1) is 12.3 Å². The number of hydrogen-bond acceptors (Lipinski definition) is 10. The number of anilines is 3. The smallest absolute Gasteiger partial charge is 0.410 e. The van der Waals surface area contributed by atoms with Gasteiger partial charge in [-0.1, -0.05) is 0 Å². The molecule has 1 amide bonds. The van der Waals surface area contributed by atoms with Gasteiger partial charge in [-0.25, -0.2) is 29.2 Å². The van der Waals surface area contributed by atoms with E-state index in [-0.39, 0.29) is 11.5 Å². The van der Waals surface area contributed by atoms with Gasteiger partial charge in [-0.15, -0.1) is 0 Å². The number of aromatic nitrogens is 6. The van der Waals surface area contributed by atoms with Gasteiger partial charge in [0.1, 0.15) is 41.1 Å². The Labute approximate surface area is 255 Å². The number of pyridine rings is 2. The zero-order chi connectivity index (χ0) is 30.5. The number of ether oxygens (including phenoxy) is 2. The van der Waals surface area contributed by atoms with Gasteiger partial charge in [0.05, 0.1) is 5.52 Å². The average Bonchev–Trinajstić information content (AvgIpc) is 3.45. The minimum Gasteiger partial charge on any atom is -0.457 e. The summed E-state index contributed by atoms with van der Waals surface area (Å²) in [6, 6.07) is 13.6. The summed E-state index contributed by atoms with van der Waals surface area (Å²) < 4.78 is 13.4. The van der Waals surface area contributed by atoms with Crippen LogP contribution < -0.4 is 15.0 Å². The Bertz CT molecular complexity index is 1850. The predicted octanol–water partition coefficient (Wildman–Crippen LogP) is 5.75. The van der Waals surface area contributed by atoms with E-state index in [2.05, 4.69) is 30.3 Å². The Hall–Kier alpha value is -5.00. The van der Waals surface area contributed by atoms with Crippen molar-refractivity contribution in [3.8, 4) is 11.5 Å². The normalized spacial score (nSPS) is 16.3. The Kier molecular flexibility index (Phi) is 6.71. The number of nitrogens with zero attached hydrogens (tertiary/aromatic N) is 8.